The molecule has 0 radical (unpaired) electrons. The summed E-state index contributed by atoms with van der Waals surface area (Å²) in [6.45, 7) is 6.86. The normalized spacial score (nSPS) is 12.8. The van der Waals surface area contributed by atoms with Gasteiger partial charge in [-0.2, -0.15) is 4.98 Å². The van der Waals surface area contributed by atoms with Crippen LogP contribution in [0.4, 0.5) is 0 Å². The van der Waals surface area contributed by atoms with Crippen molar-refractivity contribution >= 4 is 15.9 Å². The number of nitrogens with zero attached hydrogens (tertiary/aromatic N) is 3. The van der Waals surface area contributed by atoms with Crippen molar-refractivity contribution in [2.45, 2.75) is 19.9 Å². The molecule has 2 N–H and O–H groups in total. The van der Waals surface area contributed by atoms with Crippen LogP contribution in [0, 0.1) is 0 Å². The SMILES string of the molecule is CCN(CC)CC(N)c1noc(-c2ccccc2Br)n1. The largest absolute Gasteiger partial charge is 0.334 e. The van der Waals surface area contributed by atoms with Crippen molar-refractivity contribution in [3.8, 4) is 11.5 Å². The van der Waals surface area contributed by atoms with Gasteiger partial charge in [-0.05, 0) is 41.2 Å². The van der Waals surface area contributed by atoms with Gasteiger partial charge in [0.2, 0.25) is 0 Å². The van der Waals surface area contributed by atoms with Crippen molar-refractivity contribution in [2.24, 2.45) is 5.73 Å². The zero-order valence-corrected chi connectivity index (χ0v) is 13.3. The van der Waals surface area contributed by atoms with Crippen LogP contribution in [0.25, 0.3) is 11.5 Å². The van der Waals surface area contributed by atoms with E-state index in [1.807, 2.05) is 24.3 Å². The van der Waals surface area contributed by atoms with E-state index >= 15 is 0 Å². The molecular weight excluding hydrogens is 320 g/mol. The molecule has 1 atom stereocenters. The van der Waals surface area contributed by atoms with E-state index in [1.165, 1.54) is 0 Å². The molecule has 0 aliphatic rings. The summed E-state index contributed by atoms with van der Waals surface area (Å²) in [6, 6.07) is 7.50. The first kappa shape index (κ1) is 15.2. The predicted octanol–water partition coefficient (Wildman–Crippen LogP) is 2.84. The summed E-state index contributed by atoms with van der Waals surface area (Å²) in [5.74, 6) is 1.03. The van der Waals surface area contributed by atoms with Gasteiger partial charge < -0.3 is 15.2 Å². The molecule has 0 spiro atoms. The van der Waals surface area contributed by atoms with Crippen molar-refractivity contribution in [1.82, 2.24) is 15.0 Å². The lowest BCUT2D eigenvalue weighted by molar-refractivity contribution is 0.278. The monoisotopic (exact) mass is 338 g/mol. The quantitative estimate of drug-likeness (QED) is 0.876. The molecule has 0 saturated carbocycles. The maximum atomic E-state index is 6.14. The zero-order chi connectivity index (χ0) is 14.5. The van der Waals surface area contributed by atoms with Crippen molar-refractivity contribution in [3.05, 3.63) is 34.6 Å². The summed E-state index contributed by atoms with van der Waals surface area (Å²) in [5, 5.41) is 4.00. The fraction of sp³-hybridized carbons (Fsp3) is 0.429. The minimum absolute atomic E-state index is 0.241. The highest BCUT2D eigenvalue weighted by Crippen LogP contribution is 2.27. The van der Waals surface area contributed by atoms with Crippen LogP contribution in [0.2, 0.25) is 0 Å². The molecule has 2 rings (SSSR count). The first-order valence-corrected chi connectivity index (χ1v) is 7.51. The fourth-order valence-electron chi connectivity index (χ4n) is 1.97. The minimum atomic E-state index is -0.241. The Morgan fingerprint density at radius 1 is 1.30 bits per heavy atom. The number of hydrogen-bond donors (Lipinski definition) is 1. The van der Waals surface area contributed by atoms with Gasteiger partial charge in [0, 0.05) is 11.0 Å². The summed E-state index contributed by atoms with van der Waals surface area (Å²) in [5.41, 5.74) is 7.01. The number of likely N-dealkylation sites (N-methyl/N-ethyl adjacent to an activating group) is 1. The van der Waals surface area contributed by atoms with Crippen LogP contribution in [0.15, 0.2) is 33.3 Å². The van der Waals surface area contributed by atoms with E-state index < -0.39 is 0 Å². The van der Waals surface area contributed by atoms with Crippen molar-refractivity contribution in [2.75, 3.05) is 19.6 Å². The van der Waals surface area contributed by atoms with Gasteiger partial charge in [-0.3, -0.25) is 0 Å². The molecular formula is C14H19BrN4O. The van der Waals surface area contributed by atoms with E-state index in [-0.39, 0.29) is 6.04 Å². The molecule has 108 valence electrons. The lowest BCUT2D eigenvalue weighted by atomic mass is 10.2. The fourth-order valence-corrected chi connectivity index (χ4v) is 2.43. The Balaban J connectivity index is 2.15. The van der Waals surface area contributed by atoms with Crippen LogP contribution >= 0.6 is 15.9 Å². The summed E-state index contributed by atoms with van der Waals surface area (Å²) in [4.78, 5) is 6.64. The van der Waals surface area contributed by atoms with Crippen LogP contribution < -0.4 is 5.73 Å². The molecule has 0 bridgehead atoms. The Bertz CT molecular complexity index is 554. The minimum Gasteiger partial charge on any atom is -0.334 e. The molecule has 0 saturated heterocycles. The molecule has 5 nitrogen and oxygen atoms in total. The topological polar surface area (TPSA) is 68.2 Å². The van der Waals surface area contributed by atoms with Gasteiger partial charge in [0.15, 0.2) is 5.82 Å². The molecule has 1 heterocycles. The Morgan fingerprint density at radius 2 is 2.00 bits per heavy atom. The van der Waals surface area contributed by atoms with Gasteiger partial charge in [-0.1, -0.05) is 31.1 Å². The average molecular weight is 339 g/mol. The second-order valence-electron chi connectivity index (χ2n) is 4.53. The van der Waals surface area contributed by atoms with E-state index in [0.717, 1.165) is 29.7 Å². The van der Waals surface area contributed by atoms with Crippen molar-refractivity contribution in [1.29, 1.82) is 0 Å². The van der Waals surface area contributed by atoms with Gasteiger partial charge in [-0.25, -0.2) is 0 Å². The highest BCUT2D eigenvalue weighted by Gasteiger charge is 2.18. The number of aromatic nitrogens is 2. The molecule has 1 aromatic heterocycles. The van der Waals surface area contributed by atoms with Crippen LogP contribution in [0.5, 0.6) is 0 Å². The number of halogens is 1. The lowest BCUT2D eigenvalue weighted by Crippen LogP contribution is -2.32. The lowest BCUT2D eigenvalue weighted by Gasteiger charge is -2.20. The molecule has 0 fully saturated rings. The Hall–Kier alpha value is -1.24. The smallest absolute Gasteiger partial charge is 0.259 e. The third-order valence-corrected chi connectivity index (χ3v) is 3.92. The van der Waals surface area contributed by atoms with Crippen LogP contribution in [-0.4, -0.2) is 34.7 Å². The van der Waals surface area contributed by atoms with Crippen LogP contribution in [0.3, 0.4) is 0 Å². The molecule has 1 aromatic carbocycles. The third-order valence-electron chi connectivity index (χ3n) is 3.23. The zero-order valence-electron chi connectivity index (χ0n) is 11.7. The van der Waals surface area contributed by atoms with Gasteiger partial charge in [0.1, 0.15) is 0 Å². The van der Waals surface area contributed by atoms with Gasteiger partial charge in [0.05, 0.1) is 11.6 Å². The molecule has 6 heteroatoms. The predicted molar refractivity (Wildman–Crippen MR) is 82.2 cm³/mol. The number of nitrogens with two attached hydrogens (primary N) is 1. The van der Waals surface area contributed by atoms with Gasteiger partial charge in [0.25, 0.3) is 5.89 Å². The highest BCUT2D eigenvalue weighted by atomic mass is 79.9. The second-order valence-corrected chi connectivity index (χ2v) is 5.38. The molecule has 0 aliphatic heterocycles. The number of benzene rings is 1. The maximum absolute atomic E-state index is 6.14. The van der Waals surface area contributed by atoms with E-state index in [4.69, 9.17) is 10.3 Å². The molecule has 0 aliphatic carbocycles. The summed E-state index contributed by atoms with van der Waals surface area (Å²) in [7, 11) is 0. The Kier molecular flexibility index (Phi) is 5.28. The number of hydrogen-bond acceptors (Lipinski definition) is 5. The summed E-state index contributed by atoms with van der Waals surface area (Å²) >= 11 is 3.47. The van der Waals surface area contributed by atoms with Crippen molar-refractivity contribution < 1.29 is 4.52 Å². The molecule has 2 aromatic rings. The van der Waals surface area contributed by atoms with Gasteiger partial charge >= 0.3 is 0 Å². The van der Waals surface area contributed by atoms with Crippen molar-refractivity contribution in [3.63, 3.8) is 0 Å². The first-order chi connectivity index (χ1) is 9.65. The third kappa shape index (κ3) is 3.45. The summed E-state index contributed by atoms with van der Waals surface area (Å²) in [6.07, 6.45) is 0. The standard InChI is InChI=1S/C14H19BrN4O/c1-3-19(4-2)9-12(16)13-17-14(20-18-13)10-7-5-6-8-11(10)15/h5-8,12H,3-4,9,16H2,1-2H3. The van der Waals surface area contributed by atoms with E-state index in [0.29, 0.717) is 11.7 Å². The molecule has 1 unspecified atom stereocenters. The maximum Gasteiger partial charge on any atom is 0.259 e. The van der Waals surface area contributed by atoms with E-state index in [1.54, 1.807) is 0 Å². The number of rotatable bonds is 6. The highest BCUT2D eigenvalue weighted by molar-refractivity contribution is 9.10. The van der Waals surface area contributed by atoms with Gasteiger partial charge in [-0.15, -0.1) is 0 Å². The molecule has 0 amide bonds. The first-order valence-electron chi connectivity index (χ1n) is 6.72. The van der Waals surface area contributed by atoms with E-state index in [2.05, 4.69) is 44.8 Å². The second kappa shape index (κ2) is 6.97. The van der Waals surface area contributed by atoms with E-state index in [9.17, 15) is 0 Å². The summed E-state index contributed by atoms with van der Waals surface area (Å²) < 4.78 is 6.24. The molecule has 20 heavy (non-hydrogen) atoms. The Labute approximate surface area is 127 Å². The van der Waals surface area contributed by atoms with Crippen LogP contribution in [0.1, 0.15) is 25.7 Å². The Morgan fingerprint density at radius 3 is 2.65 bits per heavy atom. The van der Waals surface area contributed by atoms with Crippen LogP contribution in [-0.2, 0) is 0 Å². The average Bonchev–Trinajstić information content (AvgIpc) is 2.94.